The van der Waals surface area contributed by atoms with Gasteiger partial charge in [-0.3, -0.25) is 0 Å². The Kier molecular flexibility index (Phi) is 4.96. The number of aldehydes is 1. The van der Waals surface area contributed by atoms with Gasteiger partial charge in [0.15, 0.2) is 0 Å². The van der Waals surface area contributed by atoms with Crippen LogP contribution >= 0.6 is 0 Å². The molecule has 2 atom stereocenters. The number of carbonyl (C=O) groups excluding carboxylic acids is 1. The fourth-order valence-corrected chi connectivity index (χ4v) is 3.16. The molecule has 4 heteroatoms. The lowest BCUT2D eigenvalue weighted by Gasteiger charge is -2.32. The number of methoxy groups -OCH3 is 1. The highest BCUT2D eigenvalue weighted by Crippen LogP contribution is 2.43. The Morgan fingerprint density at radius 2 is 2.18 bits per heavy atom. The number of nitriles is 2. The van der Waals surface area contributed by atoms with Gasteiger partial charge in [-0.1, -0.05) is 13.0 Å². The summed E-state index contributed by atoms with van der Waals surface area (Å²) in [5, 5.41) is 18.7. The Balaban J connectivity index is 2.63. The summed E-state index contributed by atoms with van der Waals surface area (Å²) >= 11 is 0. The molecule has 0 spiro atoms. The van der Waals surface area contributed by atoms with E-state index >= 15 is 0 Å². The summed E-state index contributed by atoms with van der Waals surface area (Å²) in [6.45, 7) is 2.00. The van der Waals surface area contributed by atoms with Crippen LogP contribution in [0.15, 0.2) is 23.8 Å². The van der Waals surface area contributed by atoms with E-state index in [1.54, 1.807) is 7.11 Å². The zero-order valence-corrected chi connectivity index (χ0v) is 12.8. The summed E-state index contributed by atoms with van der Waals surface area (Å²) in [5.41, 5.74) is 2.93. The van der Waals surface area contributed by atoms with E-state index in [1.807, 2.05) is 37.3 Å². The van der Waals surface area contributed by atoms with Gasteiger partial charge in [-0.25, -0.2) is 0 Å². The van der Waals surface area contributed by atoms with Gasteiger partial charge in [-0.15, -0.1) is 0 Å². The third kappa shape index (κ3) is 2.87. The number of allylic oxidation sites excluding steroid dienone is 2. The van der Waals surface area contributed by atoms with Crippen LogP contribution in [0.1, 0.15) is 30.9 Å². The standard InChI is InChI=1S/C18H18N2O2/c1-12(7-8-21)16-6-4-13-3-5-15(22-2)9-17(13)18(16)14(10-19)11-20/h3,5,8-9,12,16H,4,6-7H2,1-2H3/t12-,16+/m1/s1. The number of hydrogen-bond donors (Lipinski definition) is 0. The minimum absolute atomic E-state index is 0.0408. The number of benzene rings is 1. The monoisotopic (exact) mass is 294 g/mol. The predicted octanol–water partition coefficient (Wildman–Crippen LogP) is 3.28. The van der Waals surface area contributed by atoms with Crippen molar-refractivity contribution in [2.45, 2.75) is 26.2 Å². The van der Waals surface area contributed by atoms with Gasteiger partial charge in [0, 0.05) is 6.42 Å². The van der Waals surface area contributed by atoms with E-state index in [0.29, 0.717) is 12.2 Å². The molecule has 22 heavy (non-hydrogen) atoms. The third-order valence-corrected chi connectivity index (χ3v) is 4.35. The van der Waals surface area contributed by atoms with Gasteiger partial charge in [-0.05, 0) is 53.5 Å². The predicted molar refractivity (Wildman–Crippen MR) is 82.8 cm³/mol. The number of fused-ring (bicyclic) bond motifs is 1. The summed E-state index contributed by atoms with van der Waals surface area (Å²) in [6.07, 6.45) is 3.05. The molecule has 0 N–H and O–H groups in total. The Morgan fingerprint density at radius 1 is 1.45 bits per heavy atom. The van der Waals surface area contributed by atoms with Crippen molar-refractivity contribution in [3.63, 3.8) is 0 Å². The molecule has 0 unspecified atom stereocenters. The number of carbonyl (C=O) groups is 1. The van der Waals surface area contributed by atoms with Crippen LogP contribution < -0.4 is 4.74 Å². The van der Waals surface area contributed by atoms with Crippen molar-refractivity contribution in [2.75, 3.05) is 7.11 Å². The third-order valence-electron chi connectivity index (χ3n) is 4.35. The van der Waals surface area contributed by atoms with Gasteiger partial charge in [0.05, 0.1) is 7.11 Å². The van der Waals surface area contributed by atoms with Crippen LogP contribution in [0.4, 0.5) is 0 Å². The SMILES string of the molecule is COc1ccc2c(c1)C(=C(C#N)C#N)[C@H]([C@H](C)CC=O)CC2. The topological polar surface area (TPSA) is 73.9 Å². The molecule has 0 radical (unpaired) electrons. The summed E-state index contributed by atoms with van der Waals surface area (Å²) in [4.78, 5) is 10.9. The maximum Gasteiger partial charge on any atom is 0.133 e. The van der Waals surface area contributed by atoms with Crippen molar-refractivity contribution in [3.8, 4) is 17.9 Å². The van der Waals surface area contributed by atoms with Crippen molar-refractivity contribution in [2.24, 2.45) is 11.8 Å². The molecule has 112 valence electrons. The first-order valence-electron chi connectivity index (χ1n) is 7.31. The van der Waals surface area contributed by atoms with Gasteiger partial charge >= 0.3 is 0 Å². The van der Waals surface area contributed by atoms with Crippen molar-refractivity contribution in [1.82, 2.24) is 0 Å². The van der Waals surface area contributed by atoms with Crippen LogP contribution in [0, 0.1) is 34.5 Å². The van der Waals surface area contributed by atoms with E-state index < -0.39 is 0 Å². The van der Waals surface area contributed by atoms with Crippen LogP contribution in [-0.2, 0) is 11.2 Å². The Morgan fingerprint density at radius 3 is 2.77 bits per heavy atom. The summed E-state index contributed by atoms with van der Waals surface area (Å²) < 4.78 is 5.27. The smallest absolute Gasteiger partial charge is 0.133 e. The molecule has 0 saturated heterocycles. The van der Waals surface area contributed by atoms with Crippen LogP contribution in [0.2, 0.25) is 0 Å². The second kappa shape index (κ2) is 6.91. The van der Waals surface area contributed by atoms with Crippen LogP contribution in [0.3, 0.4) is 0 Å². The number of rotatable bonds is 4. The van der Waals surface area contributed by atoms with Crippen molar-refractivity contribution in [1.29, 1.82) is 10.5 Å². The lowest BCUT2D eigenvalue weighted by atomic mass is 9.71. The normalized spacial score (nSPS) is 17.6. The fraction of sp³-hybridized carbons (Fsp3) is 0.389. The molecule has 0 bridgehead atoms. The van der Waals surface area contributed by atoms with Gasteiger partial charge in [0.1, 0.15) is 29.7 Å². The largest absolute Gasteiger partial charge is 0.497 e. The highest BCUT2D eigenvalue weighted by atomic mass is 16.5. The molecule has 0 aliphatic heterocycles. The highest BCUT2D eigenvalue weighted by molar-refractivity contribution is 5.80. The molecule has 0 aromatic heterocycles. The summed E-state index contributed by atoms with van der Waals surface area (Å²) in [5.74, 6) is 0.845. The average molecular weight is 294 g/mol. The lowest BCUT2D eigenvalue weighted by Crippen LogP contribution is -2.21. The molecule has 1 aromatic carbocycles. The molecule has 0 fully saturated rings. The Labute approximate surface area is 130 Å². The quantitative estimate of drug-likeness (QED) is 0.631. The number of aryl methyl sites for hydroxylation is 1. The Hall–Kier alpha value is -2.59. The lowest BCUT2D eigenvalue weighted by molar-refractivity contribution is -0.108. The van der Waals surface area contributed by atoms with E-state index in [4.69, 9.17) is 4.74 Å². The van der Waals surface area contributed by atoms with Crippen LogP contribution in [-0.4, -0.2) is 13.4 Å². The van der Waals surface area contributed by atoms with Gasteiger partial charge < -0.3 is 9.53 Å². The van der Waals surface area contributed by atoms with Crippen LogP contribution in [0.25, 0.3) is 5.57 Å². The molecule has 4 nitrogen and oxygen atoms in total. The fourth-order valence-electron chi connectivity index (χ4n) is 3.16. The second-order valence-electron chi connectivity index (χ2n) is 5.56. The van der Waals surface area contributed by atoms with E-state index in [9.17, 15) is 15.3 Å². The molecule has 1 aromatic rings. The molecule has 1 aliphatic rings. The Bertz CT molecular complexity index is 676. The second-order valence-corrected chi connectivity index (χ2v) is 5.56. The van der Waals surface area contributed by atoms with E-state index in [-0.39, 0.29) is 17.4 Å². The van der Waals surface area contributed by atoms with E-state index in [2.05, 4.69) is 0 Å². The molecule has 0 saturated carbocycles. The van der Waals surface area contributed by atoms with Gasteiger partial charge in [-0.2, -0.15) is 10.5 Å². The maximum absolute atomic E-state index is 10.9. The zero-order chi connectivity index (χ0) is 16.1. The van der Waals surface area contributed by atoms with Gasteiger partial charge in [0.25, 0.3) is 0 Å². The number of hydrogen-bond acceptors (Lipinski definition) is 4. The first kappa shape index (κ1) is 15.8. The molecule has 2 rings (SSSR count). The molecular formula is C18H18N2O2. The number of ether oxygens (including phenoxy) is 1. The first-order chi connectivity index (χ1) is 10.7. The summed E-state index contributed by atoms with van der Waals surface area (Å²) in [7, 11) is 1.59. The molecule has 0 amide bonds. The van der Waals surface area contributed by atoms with Crippen molar-refractivity contribution >= 4 is 11.9 Å². The van der Waals surface area contributed by atoms with Crippen molar-refractivity contribution in [3.05, 3.63) is 34.9 Å². The van der Waals surface area contributed by atoms with Crippen LogP contribution in [0.5, 0.6) is 5.75 Å². The van der Waals surface area contributed by atoms with E-state index in [0.717, 1.165) is 35.8 Å². The first-order valence-corrected chi connectivity index (χ1v) is 7.31. The number of nitrogens with zero attached hydrogens (tertiary/aromatic N) is 2. The average Bonchev–Trinajstić information content (AvgIpc) is 2.55. The minimum atomic E-state index is 0.0408. The van der Waals surface area contributed by atoms with E-state index in [1.165, 1.54) is 0 Å². The molecular weight excluding hydrogens is 276 g/mol. The minimum Gasteiger partial charge on any atom is -0.497 e. The highest BCUT2D eigenvalue weighted by Gasteiger charge is 2.31. The zero-order valence-electron chi connectivity index (χ0n) is 12.8. The molecule has 0 heterocycles. The summed E-state index contributed by atoms with van der Waals surface area (Å²) in [6, 6.07) is 9.80. The van der Waals surface area contributed by atoms with Gasteiger partial charge in [0.2, 0.25) is 0 Å². The molecule has 1 aliphatic carbocycles. The maximum atomic E-state index is 10.9. The van der Waals surface area contributed by atoms with Crippen molar-refractivity contribution < 1.29 is 9.53 Å².